The van der Waals surface area contributed by atoms with Crippen LogP contribution in [0.25, 0.3) is 0 Å². The van der Waals surface area contributed by atoms with Gasteiger partial charge in [-0.3, -0.25) is 19.3 Å². The van der Waals surface area contributed by atoms with E-state index >= 15 is 0 Å². The Bertz CT molecular complexity index is 901. The standard InChI is InChI=1S/C26H33N3O3/c1-3-19(2)24(26(32)27-21-14-8-5-9-15-21)28-25(31)22-16-10-11-17-29(22)18-23(30)20-12-6-4-7-13-20/h4-9,12-15,19,22,24H,3,10-11,16-18H2,1-2H3,(H,27,32)(H,28,31)/t19-,22-,24-/m0/s1. The van der Waals surface area contributed by atoms with Gasteiger partial charge in [-0.2, -0.15) is 0 Å². The number of nitrogens with zero attached hydrogens (tertiary/aromatic N) is 1. The molecule has 170 valence electrons. The van der Waals surface area contributed by atoms with Crippen LogP contribution in [0.5, 0.6) is 0 Å². The molecule has 0 bridgehead atoms. The lowest BCUT2D eigenvalue weighted by molar-refractivity contribution is -0.132. The van der Waals surface area contributed by atoms with Gasteiger partial charge in [0.05, 0.1) is 12.6 Å². The van der Waals surface area contributed by atoms with Crippen molar-refractivity contribution in [3.63, 3.8) is 0 Å². The SMILES string of the molecule is CC[C@H](C)[C@H](NC(=O)[C@@H]1CCCCN1CC(=O)c1ccccc1)C(=O)Nc1ccccc1. The lowest BCUT2D eigenvalue weighted by Gasteiger charge is -2.35. The highest BCUT2D eigenvalue weighted by molar-refractivity contribution is 5.99. The summed E-state index contributed by atoms with van der Waals surface area (Å²) in [5.74, 6) is -0.419. The molecule has 1 fully saturated rings. The zero-order chi connectivity index (χ0) is 22.9. The van der Waals surface area contributed by atoms with Crippen molar-refractivity contribution in [3.8, 4) is 0 Å². The molecule has 2 amide bonds. The fourth-order valence-corrected chi connectivity index (χ4v) is 4.07. The van der Waals surface area contributed by atoms with Crippen LogP contribution in [0.1, 0.15) is 49.9 Å². The number of likely N-dealkylation sites (tertiary alicyclic amines) is 1. The molecule has 0 aliphatic carbocycles. The van der Waals surface area contributed by atoms with Crippen LogP contribution in [0.4, 0.5) is 5.69 Å². The third-order valence-electron chi connectivity index (χ3n) is 6.19. The Kier molecular flexibility index (Phi) is 8.56. The second kappa shape index (κ2) is 11.6. The van der Waals surface area contributed by atoms with Gasteiger partial charge >= 0.3 is 0 Å². The number of amides is 2. The maximum atomic E-state index is 13.3. The number of piperidine rings is 1. The number of hydrogen-bond donors (Lipinski definition) is 2. The van der Waals surface area contributed by atoms with Crippen LogP contribution in [0.3, 0.4) is 0 Å². The summed E-state index contributed by atoms with van der Waals surface area (Å²) in [5.41, 5.74) is 1.35. The molecule has 1 heterocycles. The number of nitrogens with one attached hydrogen (secondary N) is 2. The average molecular weight is 436 g/mol. The third kappa shape index (κ3) is 6.26. The molecule has 2 aromatic rings. The van der Waals surface area contributed by atoms with E-state index in [9.17, 15) is 14.4 Å². The van der Waals surface area contributed by atoms with Crippen LogP contribution in [-0.4, -0.2) is 47.7 Å². The van der Waals surface area contributed by atoms with Crippen LogP contribution < -0.4 is 10.6 Å². The van der Waals surface area contributed by atoms with Gasteiger partial charge in [-0.1, -0.05) is 75.2 Å². The molecule has 1 saturated heterocycles. The molecule has 3 rings (SSSR count). The van der Waals surface area contributed by atoms with Crippen molar-refractivity contribution in [1.82, 2.24) is 10.2 Å². The number of carbonyl (C=O) groups is 3. The van der Waals surface area contributed by atoms with E-state index in [-0.39, 0.29) is 30.1 Å². The van der Waals surface area contributed by atoms with Crippen molar-refractivity contribution < 1.29 is 14.4 Å². The zero-order valence-corrected chi connectivity index (χ0v) is 18.9. The highest BCUT2D eigenvalue weighted by Gasteiger charge is 2.34. The first-order valence-electron chi connectivity index (χ1n) is 11.5. The summed E-state index contributed by atoms with van der Waals surface area (Å²) < 4.78 is 0. The van der Waals surface area contributed by atoms with E-state index in [0.717, 1.165) is 19.3 Å². The van der Waals surface area contributed by atoms with Gasteiger partial charge in [0, 0.05) is 11.3 Å². The van der Waals surface area contributed by atoms with Crippen molar-refractivity contribution in [2.45, 2.75) is 51.6 Å². The van der Waals surface area contributed by atoms with Crippen LogP contribution in [0.2, 0.25) is 0 Å². The first-order valence-corrected chi connectivity index (χ1v) is 11.5. The van der Waals surface area contributed by atoms with Gasteiger partial charge in [-0.05, 0) is 37.4 Å². The summed E-state index contributed by atoms with van der Waals surface area (Å²) in [6.07, 6.45) is 3.32. The summed E-state index contributed by atoms with van der Waals surface area (Å²) in [7, 11) is 0. The number of benzene rings is 2. The molecular weight excluding hydrogens is 402 g/mol. The first kappa shape index (κ1) is 23.7. The second-order valence-corrected chi connectivity index (χ2v) is 8.50. The van der Waals surface area contributed by atoms with E-state index in [1.807, 2.05) is 67.3 Å². The number of hydrogen-bond acceptors (Lipinski definition) is 4. The molecule has 6 heteroatoms. The zero-order valence-electron chi connectivity index (χ0n) is 18.9. The van der Waals surface area contributed by atoms with Crippen LogP contribution >= 0.6 is 0 Å². The summed E-state index contributed by atoms with van der Waals surface area (Å²) in [6.45, 7) is 4.87. The number of para-hydroxylation sites is 1. The minimum Gasteiger partial charge on any atom is -0.343 e. The fraction of sp³-hybridized carbons (Fsp3) is 0.423. The quantitative estimate of drug-likeness (QED) is 0.586. The van der Waals surface area contributed by atoms with Crippen LogP contribution in [0.15, 0.2) is 60.7 Å². The molecule has 0 radical (unpaired) electrons. The summed E-state index contributed by atoms with van der Waals surface area (Å²) >= 11 is 0. The van der Waals surface area contributed by atoms with Crippen molar-refractivity contribution in [3.05, 3.63) is 66.2 Å². The number of anilines is 1. The third-order valence-corrected chi connectivity index (χ3v) is 6.19. The monoisotopic (exact) mass is 435 g/mol. The molecule has 1 aliphatic rings. The normalized spacial score (nSPS) is 18.4. The van der Waals surface area contributed by atoms with Gasteiger partial charge in [0.2, 0.25) is 11.8 Å². The van der Waals surface area contributed by atoms with Gasteiger partial charge < -0.3 is 10.6 Å². The summed E-state index contributed by atoms with van der Waals surface area (Å²) in [4.78, 5) is 40.9. The summed E-state index contributed by atoms with van der Waals surface area (Å²) in [6, 6.07) is 17.4. The molecule has 0 spiro atoms. The van der Waals surface area contributed by atoms with E-state index < -0.39 is 12.1 Å². The minimum absolute atomic E-state index is 0.00518. The van der Waals surface area contributed by atoms with Gasteiger partial charge in [-0.15, -0.1) is 0 Å². The Hall–Kier alpha value is -2.99. The van der Waals surface area contributed by atoms with E-state index in [1.165, 1.54) is 0 Å². The van der Waals surface area contributed by atoms with Crippen LogP contribution in [0, 0.1) is 5.92 Å². The van der Waals surface area contributed by atoms with Crippen molar-refractivity contribution >= 4 is 23.3 Å². The Morgan fingerprint density at radius 2 is 1.66 bits per heavy atom. The largest absolute Gasteiger partial charge is 0.343 e. The maximum Gasteiger partial charge on any atom is 0.247 e. The number of ketones is 1. The smallest absolute Gasteiger partial charge is 0.247 e. The van der Waals surface area contributed by atoms with Crippen molar-refractivity contribution in [1.29, 1.82) is 0 Å². The molecular formula is C26H33N3O3. The van der Waals surface area contributed by atoms with Gasteiger partial charge in [0.1, 0.15) is 6.04 Å². The highest BCUT2D eigenvalue weighted by atomic mass is 16.2. The lowest BCUT2D eigenvalue weighted by atomic mass is 9.95. The van der Waals surface area contributed by atoms with Crippen molar-refractivity contribution in [2.24, 2.45) is 5.92 Å². The molecule has 0 unspecified atom stereocenters. The Balaban J connectivity index is 1.68. The van der Waals surface area contributed by atoms with Crippen molar-refractivity contribution in [2.75, 3.05) is 18.4 Å². The molecule has 3 atom stereocenters. The van der Waals surface area contributed by atoms with E-state index in [2.05, 4.69) is 10.6 Å². The molecule has 2 N–H and O–H groups in total. The molecule has 0 saturated carbocycles. The molecule has 0 aromatic heterocycles. The predicted molar refractivity (Wildman–Crippen MR) is 126 cm³/mol. The topological polar surface area (TPSA) is 78.5 Å². The second-order valence-electron chi connectivity index (χ2n) is 8.50. The van der Waals surface area contributed by atoms with Gasteiger partial charge in [0.15, 0.2) is 5.78 Å². The van der Waals surface area contributed by atoms with E-state index in [1.54, 1.807) is 12.1 Å². The fourth-order valence-electron chi connectivity index (χ4n) is 4.07. The Morgan fingerprint density at radius 1 is 1.00 bits per heavy atom. The predicted octanol–water partition coefficient (Wildman–Crippen LogP) is 3.89. The number of rotatable bonds is 9. The molecule has 2 aromatic carbocycles. The first-order chi connectivity index (χ1) is 15.5. The van der Waals surface area contributed by atoms with Crippen LogP contribution in [-0.2, 0) is 9.59 Å². The Labute approximate surface area is 190 Å². The van der Waals surface area contributed by atoms with Gasteiger partial charge in [-0.25, -0.2) is 0 Å². The lowest BCUT2D eigenvalue weighted by Crippen LogP contribution is -2.56. The van der Waals surface area contributed by atoms with Gasteiger partial charge in [0.25, 0.3) is 0 Å². The molecule has 6 nitrogen and oxygen atoms in total. The number of Topliss-reactive ketones (excluding diaryl/α,β-unsaturated/α-hetero) is 1. The van der Waals surface area contributed by atoms with E-state index in [4.69, 9.17) is 0 Å². The molecule has 32 heavy (non-hydrogen) atoms. The maximum absolute atomic E-state index is 13.3. The van der Waals surface area contributed by atoms with E-state index in [0.29, 0.717) is 24.2 Å². The molecule has 1 aliphatic heterocycles. The highest BCUT2D eigenvalue weighted by Crippen LogP contribution is 2.19. The average Bonchev–Trinajstić information content (AvgIpc) is 2.83. The number of carbonyl (C=O) groups excluding carboxylic acids is 3. The Morgan fingerprint density at radius 3 is 2.31 bits per heavy atom. The summed E-state index contributed by atoms with van der Waals surface area (Å²) in [5, 5.41) is 5.91. The minimum atomic E-state index is -0.638.